The lowest BCUT2D eigenvalue weighted by Gasteiger charge is -2.35. The van der Waals surface area contributed by atoms with E-state index in [0.29, 0.717) is 18.8 Å². The van der Waals surface area contributed by atoms with E-state index in [1.165, 1.54) is 24.0 Å². The van der Waals surface area contributed by atoms with E-state index < -0.39 is 0 Å². The van der Waals surface area contributed by atoms with Crippen molar-refractivity contribution in [3.05, 3.63) is 35.4 Å². The molecule has 2 unspecified atom stereocenters. The van der Waals surface area contributed by atoms with Gasteiger partial charge in [0, 0.05) is 32.7 Å². The molecule has 0 spiro atoms. The molecule has 152 valence electrons. The second kappa shape index (κ2) is 11.2. The van der Waals surface area contributed by atoms with Crippen LogP contribution >= 0.6 is 24.0 Å². The number of nitrogens with zero attached hydrogens (tertiary/aromatic N) is 2. The van der Waals surface area contributed by atoms with Crippen LogP contribution in [0.15, 0.2) is 29.3 Å². The summed E-state index contributed by atoms with van der Waals surface area (Å²) in [5.74, 6) is 1.78. The summed E-state index contributed by atoms with van der Waals surface area (Å²) in [5.41, 5.74) is 2.68. The maximum atomic E-state index is 5.86. The van der Waals surface area contributed by atoms with E-state index in [1.54, 1.807) is 0 Å². The molecule has 1 aromatic rings. The highest BCUT2D eigenvalue weighted by Crippen LogP contribution is 2.27. The molecule has 1 saturated carbocycles. The monoisotopic (exact) mass is 486 g/mol. The van der Waals surface area contributed by atoms with Crippen molar-refractivity contribution < 1.29 is 4.74 Å². The Morgan fingerprint density at radius 1 is 1.11 bits per heavy atom. The van der Waals surface area contributed by atoms with Crippen molar-refractivity contribution in [2.45, 2.75) is 58.9 Å². The molecule has 27 heavy (non-hydrogen) atoms. The van der Waals surface area contributed by atoms with Crippen LogP contribution in [0.1, 0.15) is 44.7 Å². The van der Waals surface area contributed by atoms with Crippen molar-refractivity contribution in [2.75, 3.05) is 26.2 Å². The molecular formula is C21H35IN4O. The van der Waals surface area contributed by atoms with Gasteiger partial charge in [0.05, 0.1) is 18.8 Å². The van der Waals surface area contributed by atoms with Gasteiger partial charge in [-0.3, -0.25) is 4.90 Å². The molecule has 1 aliphatic carbocycles. The lowest BCUT2D eigenvalue weighted by molar-refractivity contribution is -0.0705. The summed E-state index contributed by atoms with van der Waals surface area (Å²) in [5, 5.41) is 6.84. The van der Waals surface area contributed by atoms with Gasteiger partial charge in [0.2, 0.25) is 0 Å². The minimum Gasteiger partial charge on any atom is -0.373 e. The number of guanidine groups is 1. The van der Waals surface area contributed by atoms with Crippen LogP contribution in [-0.4, -0.2) is 49.2 Å². The summed E-state index contributed by atoms with van der Waals surface area (Å²) in [6.45, 7) is 12.0. The molecule has 2 atom stereocenters. The molecule has 1 aliphatic heterocycles. The van der Waals surface area contributed by atoms with E-state index in [-0.39, 0.29) is 24.0 Å². The number of halogens is 1. The van der Waals surface area contributed by atoms with Crippen LogP contribution in [0.4, 0.5) is 0 Å². The third kappa shape index (κ3) is 7.58. The molecule has 5 nitrogen and oxygen atoms in total. The number of hydrogen-bond acceptors (Lipinski definition) is 3. The molecule has 0 radical (unpaired) electrons. The Labute approximate surface area is 181 Å². The molecule has 1 heterocycles. The molecule has 6 heteroatoms. The van der Waals surface area contributed by atoms with Crippen LogP contribution in [0.25, 0.3) is 0 Å². The van der Waals surface area contributed by atoms with Crippen LogP contribution < -0.4 is 10.6 Å². The summed E-state index contributed by atoms with van der Waals surface area (Å²) >= 11 is 0. The van der Waals surface area contributed by atoms with Gasteiger partial charge >= 0.3 is 0 Å². The lowest BCUT2D eigenvalue weighted by atomic mass is 10.1. The predicted octanol–water partition coefficient (Wildman–Crippen LogP) is 3.38. The maximum absolute atomic E-state index is 5.86. The smallest absolute Gasteiger partial charge is 0.191 e. The maximum Gasteiger partial charge on any atom is 0.191 e. The molecule has 3 rings (SSSR count). The Morgan fingerprint density at radius 2 is 1.78 bits per heavy atom. The SMILES string of the molecule is CCNC(=NCc1ccccc1CN1CC(C)OC(C)C1)NCC1CC1.I. The first-order valence-corrected chi connectivity index (χ1v) is 10.1. The number of hydrogen-bond donors (Lipinski definition) is 2. The number of aliphatic imine (C=N–C) groups is 1. The van der Waals surface area contributed by atoms with Gasteiger partial charge in [-0.1, -0.05) is 24.3 Å². The highest BCUT2D eigenvalue weighted by atomic mass is 127. The Morgan fingerprint density at radius 3 is 2.41 bits per heavy atom. The predicted molar refractivity (Wildman–Crippen MR) is 123 cm³/mol. The van der Waals surface area contributed by atoms with Gasteiger partial charge in [0.1, 0.15) is 0 Å². The fourth-order valence-corrected chi connectivity index (χ4v) is 3.59. The Bertz CT molecular complexity index is 596. The Kier molecular flexibility index (Phi) is 9.32. The largest absolute Gasteiger partial charge is 0.373 e. The van der Waals surface area contributed by atoms with Crippen molar-refractivity contribution in [1.82, 2.24) is 15.5 Å². The van der Waals surface area contributed by atoms with E-state index in [2.05, 4.69) is 60.6 Å². The highest BCUT2D eigenvalue weighted by Gasteiger charge is 2.23. The summed E-state index contributed by atoms with van der Waals surface area (Å²) in [7, 11) is 0. The van der Waals surface area contributed by atoms with Crippen LogP contribution in [0.3, 0.4) is 0 Å². The fourth-order valence-electron chi connectivity index (χ4n) is 3.59. The first-order chi connectivity index (χ1) is 12.6. The molecule has 0 bridgehead atoms. The number of nitrogens with one attached hydrogen (secondary N) is 2. The van der Waals surface area contributed by atoms with Crippen molar-refractivity contribution in [3.8, 4) is 0 Å². The van der Waals surface area contributed by atoms with Gasteiger partial charge in [-0.2, -0.15) is 0 Å². The second-order valence-electron chi connectivity index (χ2n) is 7.74. The summed E-state index contributed by atoms with van der Waals surface area (Å²) < 4.78 is 5.86. The molecule has 1 saturated heterocycles. The fraction of sp³-hybridized carbons (Fsp3) is 0.667. The standard InChI is InChI=1S/C21H34N4O.HI/c1-4-22-21(23-11-18-9-10-18)24-12-19-7-5-6-8-20(19)15-25-13-16(2)26-17(3)14-25;/h5-8,16-18H,4,9-15H2,1-3H3,(H2,22,23,24);1H. The average Bonchev–Trinajstić information content (AvgIpc) is 3.42. The first kappa shape index (κ1) is 22.4. The van der Waals surface area contributed by atoms with Crippen LogP contribution in [0, 0.1) is 5.92 Å². The summed E-state index contributed by atoms with van der Waals surface area (Å²) in [6, 6.07) is 8.69. The quantitative estimate of drug-likeness (QED) is 0.353. The molecule has 2 N–H and O–H groups in total. The first-order valence-electron chi connectivity index (χ1n) is 10.1. The van der Waals surface area contributed by atoms with E-state index in [1.807, 2.05) is 0 Å². The molecule has 0 aromatic heterocycles. The van der Waals surface area contributed by atoms with Gasteiger partial charge in [-0.25, -0.2) is 4.99 Å². The van der Waals surface area contributed by atoms with Crippen molar-refractivity contribution >= 4 is 29.9 Å². The van der Waals surface area contributed by atoms with Gasteiger partial charge in [0.15, 0.2) is 5.96 Å². The zero-order valence-electron chi connectivity index (χ0n) is 16.9. The van der Waals surface area contributed by atoms with Gasteiger partial charge in [-0.05, 0) is 50.7 Å². The second-order valence-corrected chi connectivity index (χ2v) is 7.74. The number of morpholine rings is 1. The van der Waals surface area contributed by atoms with Crippen LogP contribution in [0.2, 0.25) is 0 Å². The van der Waals surface area contributed by atoms with Crippen molar-refractivity contribution in [3.63, 3.8) is 0 Å². The Balaban J connectivity index is 0.00000261. The van der Waals surface area contributed by atoms with E-state index in [9.17, 15) is 0 Å². The summed E-state index contributed by atoms with van der Waals surface area (Å²) in [4.78, 5) is 7.32. The summed E-state index contributed by atoms with van der Waals surface area (Å²) in [6.07, 6.45) is 3.31. The van der Waals surface area contributed by atoms with Crippen molar-refractivity contribution in [1.29, 1.82) is 0 Å². The molecular weight excluding hydrogens is 451 g/mol. The third-order valence-corrected chi connectivity index (χ3v) is 5.01. The minimum absolute atomic E-state index is 0. The van der Waals surface area contributed by atoms with Gasteiger partial charge in [0.25, 0.3) is 0 Å². The van der Waals surface area contributed by atoms with E-state index in [0.717, 1.165) is 44.6 Å². The number of ether oxygens (including phenoxy) is 1. The van der Waals surface area contributed by atoms with Gasteiger partial charge in [-0.15, -0.1) is 24.0 Å². The minimum atomic E-state index is 0. The van der Waals surface area contributed by atoms with E-state index >= 15 is 0 Å². The zero-order valence-corrected chi connectivity index (χ0v) is 19.2. The normalized spacial score (nSPS) is 23.6. The zero-order chi connectivity index (χ0) is 18.4. The lowest BCUT2D eigenvalue weighted by Crippen LogP contribution is -2.44. The van der Waals surface area contributed by atoms with Crippen molar-refractivity contribution in [2.24, 2.45) is 10.9 Å². The number of rotatable bonds is 7. The molecule has 2 fully saturated rings. The molecule has 0 amide bonds. The molecule has 2 aliphatic rings. The number of benzene rings is 1. The van der Waals surface area contributed by atoms with Gasteiger partial charge < -0.3 is 15.4 Å². The topological polar surface area (TPSA) is 48.9 Å². The van der Waals surface area contributed by atoms with E-state index in [4.69, 9.17) is 9.73 Å². The highest BCUT2D eigenvalue weighted by molar-refractivity contribution is 14.0. The Hall–Kier alpha value is -0.860. The third-order valence-electron chi connectivity index (χ3n) is 5.01. The molecule has 1 aromatic carbocycles. The average molecular weight is 486 g/mol. The van der Waals surface area contributed by atoms with Crippen LogP contribution in [-0.2, 0) is 17.8 Å². The van der Waals surface area contributed by atoms with Crippen LogP contribution in [0.5, 0.6) is 0 Å².